The molecule has 0 radical (unpaired) electrons. The van der Waals surface area contributed by atoms with Crippen LogP contribution in [0.1, 0.15) is 43.2 Å². The number of hydrogen-bond acceptors (Lipinski definition) is 3. The van der Waals surface area contributed by atoms with Gasteiger partial charge in [-0.15, -0.1) is 0 Å². The van der Waals surface area contributed by atoms with E-state index >= 15 is 0 Å². The Kier molecular flexibility index (Phi) is 6.05. The van der Waals surface area contributed by atoms with Gasteiger partial charge in [-0.25, -0.2) is 0 Å². The summed E-state index contributed by atoms with van der Waals surface area (Å²) in [5.41, 5.74) is 3.07. The van der Waals surface area contributed by atoms with Gasteiger partial charge in [-0.2, -0.15) is 0 Å². The Balaban J connectivity index is 1.25. The Hall–Kier alpha value is -2.53. The Morgan fingerprint density at radius 2 is 1.93 bits per heavy atom. The molecule has 0 spiro atoms. The average molecular weight is 413 g/mol. The van der Waals surface area contributed by atoms with E-state index in [0.29, 0.717) is 43.5 Å². The molecule has 1 aliphatic heterocycles. The van der Waals surface area contributed by atoms with Crippen molar-refractivity contribution >= 4 is 29.1 Å². The summed E-state index contributed by atoms with van der Waals surface area (Å²) in [6, 6.07) is 13.8. The minimum atomic E-state index is 0.0588. The van der Waals surface area contributed by atoms with Gasteiger partial charge < -0.3 is 15.0 Å². The number of carbonyl (C=O) groups excluding carboxylic acids is 2. The Labute approximate surface area is 176 Å². The molecule has 1 heterocycles. The molecule has 2 amide bonds. The lowest BCUT2D eigenvalue weighted by Gasteiger charge is -2.23. The molecular formula is C23H25ClN2O3. The number of aryl methyl sites for hydroxylation is 1. The maximum Gasteiger partial charge on any atom is 0.224 e. The Bertz CT molecular complexity index is 893. The molecule has 4 rings (SSSR count). The van der Waals surface area contributed by atoms with Crippen LogP contribution >= 0.6 is 11.6 Å². The fraction of sp³-hybridized carbons (Fsp3) is 0.391. The maximum atomic E-state index is 12.7. The zero-order valence-electron chi connectivity index (χ0n) is 16.3. The van der Waals surface area contributed by atoms with Crippen LogP contribution in [0.15, 0.2) is 42.5 Å². The van der Waals surface area contributed by atoms with E-state index in [1.807, 2.05) is 47.4 Å². The number of ether oxygens (including phenoxy) is 1. The highest BCUT2D eigenvalue weighted by Gasteiger charge is 2.32. The lowest BCUT2D eigenvalue weighted by Crippen LogP contribution is -2.32. The fourth-order valence-electron chi connectivity index (χ4n) is 3.60. The van der Waals surface area contributed by atoms with E-state index in [-0.39, 0.29) is 11.8 Å². The molecule has 1 aliphatic carbocycles. The molecule has 2 aliphatic rings. The second-order valence-electron chi connectivity index (χ2n) is 7.70. The summed E-state index contributed by atoms with van der Waals surface area (Å²) in [7, 11) is 0. The summed E-state index contributed by atoms with van der Waals surface area (Å²) in [5.74, 6) is 1.02. The van der Waals surface area contributed by atoms with Crippen LogP contribution in [-0.4, -0.2) is 29.4 Å². The molecule has 0 saturated heterocycles. The van der Waals surface area contributed by atoms with Gasteiger partial charge in [0.05, 0.1) is 6.61 Å². The molecule has 0 bridgehead atoms. The highest BCUT2D eigenvalue weighted by Crippen LogP contribution is 2.30. The summed E-state index contributed by atoms with van der Waals surface area (Å²) in [6.45, 7) is 1.13. The van der Waals surface area contributed by atoms with Crippen molar-refractivity contribution in [2.75, 3.05) is 11.9 Å². The monoisotopic (exact) mass is 412 g/mol. The zero-order chi connectivity index (χ0) is 20.2. The largest absolute Gasteiger partial charge is 0.494 e. The average Bonchev–Trinajstić information content (AvgIpc) is 3.55. The van der Waals surface area contributed by atoms with Crippen molar-refractivity contribution < 1.29 is 14.3 Å². The molecule has 0 aromatic heterocycles. The molecule has 1 fully saturated rings. The van der Waals surface area contributed by atoms with Crippen LogP contribution in [0.3, 0.4) is 0 Å². The van der Waals surface area contributed by atoms with Crippen molar-refractivity contribution in [3.63, 3.8) is 0 Å². The third-order valence-electron chi connectivity index (χ3n) is 5.35. The van der Waals surface area contributed by atoms with Crippen molar-refractivity contribution in [1.29, 1.82) is 0 Å². The predicted molar refractivity (Wildman–Crippen MR) is 113 cm³/mol. The van der Waals surface area contributed by atoms with Crippen LogP contribution < -0.4 is 10.1 Å². The number of benzene rings is 2. The summed E-state index contributed by atoms with van der Waals surface area (Å²) in [6.07, 6.45) is 4.57. The highest BCUT2D eigenvalue weighted by molar-refractivity contribution is 6.30. The molecule has 2 aromatic carbocycles. The molecule has 0 unspecified atom stereocenters. The third-order valence-corrected chi connectivity index (χ3v) is 5.60. The number of carbonyl (C=O) groups is 2. The topological polar surface area (TPSA) is 58.6 Å². The maximum absolute atomic E-state index is 12.7. The summed E-state index contributed by atoms with van der Waals surface area (Å²) in [5, 5.41) is 3.58. The van der Waals surface area contributed by atoms with Crippen LogP contribution in [0, 0.1) is 0 Å². The Morgan fingerprint density at radius 3 is 2.69 bits per heavy atom. The second kappa shape index (κ2) is 8.87. The van der Waals surface area contributed by atoms with Gasteiger partial charge in [-0.1, -0.05) is 23.7 Å². The van der Waals surface area contributed by atoms with Gasteiger partial charge in [0.2, 0.25) is 11.8 Å². The van der Waals surface area contributed by atoms with E-state index < -0.39 is 0 Å². The normalized spacial score (nSPS) is 15.4. The highest BCUT2D eigenvalue weighted by atomic mass is 35.5. The minimum absolute atomic E-state index is 0.0588. The lowest BCUT2D eigenvalue weighted by atomic mass is 10.0. The molecule has 2 aromatic rings. The zero-order valence-corrected chi connectivity index (χ0v) is 17.1. The van der Waals surface area contributed by atoms with Crippen LogP contribution in [-0.2, 0) is 22.6 Å². The predicted octanol–water partition coefficient (Wildman–Crippen LogP) is 4.57. The first-order valence-corrected chi connectivity index (χ1v) is 10.6. The van der Waals surface area contributed by atoms with E-state index in [9.17, 15) is 9.59 Å². The summed E-state index contributed by atoms with van der Waals surface area (Å²) in [4.78, 5) is 26.2. The standard InChI is InChI=1S/C23H25ClN2O3/c24-18-6-3-16(4-7-18)15-26(19-8-9-19)23(28)2-1-13-29-20-10-11-21-17(14-20)5-12-22(27)25-21/h3-4,6-7,10-11,14,19H,1-2,5,8-9,12-13,15H2,(H,25,27). The first kappa shape index (κ1) is 19.8. The molecule has 152 valence electrons. The van der Waals surface area contributed by atoms with Crippen LogP contribution in [0.2, 0.25) is 5.02 Å². The van der Waals surface area contributed by atoms with E-state index in [0.717, 1.165) is 41.8 Å². The van der Waals surface area contributed by atoms with E-state index in [4.69, 9.17) is 16.3 Å². The van der Waals surface area contributed by atoms with Gasteiger partial charge in [0.15, 0.2) is 0 Å². The van der Waals surface area contributed by atoms with Crippen LogP contribution in [0.4, 0.5) is 5.69 Å². The van der Waals surface area contributed by atoms with Crippen molar-refractivity contribution in [1.82, 2.24) is 4.90 Å². The minimum Gasteiger partial charge on any atom is -0.494 e. The summed E-state index contributed by atoms with van der Waals surface area (Å²) >= 11 is 5.95. The first-order valence-electron chi connectivity index (χ1n) is 10.2. The smallest absolute Gasteiger partial charge is 0.224 e. The lowest BCUT2D eigenvalue weighted by molar-refractivity contribution is -0.132. The number of hydrogen-bond donors (Lipinski definition) is 1. The van der Waals surface area contributed by atoms with Gasteiger partial charge in [-0.05, 0) is 67.1 Å². The molecule has 1 N–H and O–H groups in total. The number of nitrogens with zero attached hydrogens (tertiary/aromatic N) is 1. The van der Waals surface area contributed by atoms with Crippen molar-refractivity contribution in [3.05, 3.63) is 58.6 Å². The van der Waals surface area contributed by atoms with Gasteiger partial charge in [0, 0.05) is 36.1 Å². The SMILES string of the molecule is O=C1CCc2cc(OCCCC(=O)N(Cc3ccc(Cl)cc3)C3CC3)ccc2N1. The van der Waals surface area contributed by atoms with Crippen LogP contribution in [0.5, 0.6) is 5.75 Å². The number of fused-ring (bicyclic) bond motifs is 1. The first-order chi connectivity index (χ1) is 14.1. The van der Waals surface area contributed by atoms with Gasteiger partial charge in [0.25, 0.3) is 0 Å². The molecular weight excluding hydrogens is 388 g/mol. The van der Waals surface area contributed by atoms with Crippen LogP contribution in [0.25, 0.3) is 0 Å². The van der Waals surface area contributed by atoms with Crippen molar-refractivity contribution in [3.8, 4) is 5.75 Å². The van der Waals surface area contributed by atoms with Gasteiger partial charge in [-0.3, -0.25) is 9.59 Å². The van der Waals surface area contributed by atoms with E-state index in [1.165, 1.54) is 0 Å². The number of halogens is 1. The van der Waals surface area contributed by atoms with E-state index in [1.54, 1.807) is 0 Å². The Morgan fingerprint density at radius 1 is 1.14 bits per heavy atom. The van der Waals surface area contributed by atoms with Crippen molar-refractivity contribution in [2.45, 2.75) is 51.1 Å². The van der Waals surface area contributed by atoms with E-state index in [2.05, 4.69) is 5.32 Å². The third kappa shape index (κ3) is 5.30. The second-order valence-corrected chi connectivity index (χ2v) is 8.13. The fourth-order valence-corrected chi connectivity index (χ4v) is 3.73. The molecule has 1 saturated carbocycles. The quantitative estimate of drug-likeness (QED) is 0.646. The number of rotatable bonds is 8. The number of amides is 2. The van der Waals surface area contributed by atoms with Gasteiger partial charge >= 0.3 is 0 Å². The number of nitrogens with one attached hydrogen (secondary N) is 1. The molecule has 5 nitrogen and oxygen atoms in total. The van der Waals surface area contributed by atoms with Crippen molar-refractivity contribution in [2.24, 2.45) is 0 Å². The molecule has 0 atom stereocenters. The van der Waals surface area contributed by atoms with Gasteiger partial charge in [0.1, 0.15) is 5.75 Å². The molecule has 6 heteroatoms. The molecule has 29 heavy (non-hydrogen) atoms. The summed E-state index contributed by atoms with van der Waals surface area (Å²) < 4.78 is 5.84. The number of anilines is 1.